The van der Waals surface area contributed by atoms with Gasteiger partial charge in [0.05, 0.1) is 18.7 Å². The molecule has 0 radical (unpaired) electrons. The van der Waals surface area contributed by atoms with Crippen molar-refractivity contribution in [2.75, 3.05) is 14.2 Å². The van der Waals surface area contributed by atoms with E-state index in [1.54, 1.807) is 0 Å². The quantitative estimate of drug-likeness (QED) is 0.757. The molecule has 0 N–H and O–H groups in total. The average molecular weight is 298 g/mol. The smallest absolute Gasteiger partial charge is 0.323 e. The predicted molar refractivity (Wildman–Crippen MR) is 81.8 cm³/mol. The molecule has 114 valence electrons. The maximum Gasteiger partial charge on any atom is 0.323 e. The highest BCUT2D eigenvalue weighted by Gasteiger charge is 2.42. The number of aromatic nitrogens is 1. The molecule has 2 aromatic rings. The Kier molecular flexibility index (Phi) is 2.87. The second kappa shape index (κ2) is 4.68. The van der Waals surface area contributed by atoms with Crippen LogP contribution in [0.1, 0.15) is 34.9 Å². The molecule has 0 fully saturated rings. The van der Waals surface area contributed by atoms with Crippen molar-refractivity contribution in [3.63, 3.8) is 0 Å². The molecule has 0 saturated carbocycles. The highest BCUT2D eigenvalue weighted by Crippen LogP contribution is 2.43. The van der Waals surface area contributed by atoms with Crippen molar-refractivity contribution in [1.82, 2.24) is 9.47 Å². The Morgan fingerprint density at radius 3 is 2.86 bits per heavy atom. The van der Waals surface area contributed by atoms with E-state index in [4.69, 9.17) is 4.74 Å². The third-order valence-corrected chi connectivity index (χ3v) is 5.07. The molecular formula is C17H18N2O3. The Balaban J connectivity index is 1.99. The van der Waals surface area contributed by atoms with Crippen molar-refractivity contribution in [2.45, 2.75) is 31.3 Å². The van der Waals surface area contributed by atoms with E-state index in [9.17, 15) is 9.59 Å². The van der Waals surface area contributed by atoms with Crippen molar-refractivity contribution in [1.29, 1.82) is 0 Å². The van der Waals surface area contributed by atoms with Gasteiger partial charge in [-0.25, -0.2) is 0 Å². The molecule has 2 aliphatic rings. The normalized spacial score (nSPS) is 24.4. The summed E-state index contributed by atoms with van der Waals surface area (Å²) in [6, 6.07) is 7.78. The molecule has 22 heavy (non-hydrogen) atoms. The molecule has 0 spiro atoms. The lowest BCUT2D eigenvalue weighted by Crippen LogP contribution is -2.48. The number of para-hydroxylation sites is 1. The standard InChI is InChI=1S/C17H18N2O3/c1-18-13-7-8-15(20)19-12-6-4-3-5-10(12)11(16(13)19)9-14(18)17(21)22-2/h3-6,13-14H,7-9H2,1-2H3. The number of methoxy groups -OCH3 is 1. The molecule has 5 nitrogen and oxygen atoms in total. The molecule has 2 atom stereocenters. The average Bonchev–Trinajstić information content (AvgIpc) is 2.87. The zero-order chi connectivity index (χ0) is 15.4. The molecule has 3 heterocycles. The number of hydrogen-bond acceptors (Lipinski definition) is 4. The zero-order valence-corrected chi connectivity index (χ0v) is 12.7. The lowest BCUT2D eigenvalue weighted by molar-refractivity contribution is -0.148. The number of carbonyl (C=O) groups excluding carboxylic acids is 2. The topological polar surface area (TPSA) is 51.5 Å². The van der Waals surface area contributed by atoms with Gasteiger partial charge >= 0.3 is 5.97 Å². The molecule has 2 aliphatic heterocycles. The number of carbonyl (C=O) groups is 2. The highest BCUT2D eigenvalue weighted by molar-refractivity contribution is 5.98. The van der Waals surface area contributed by atoms with Gasteiger partial charge in [0.2, 0.25) is 5.91 Å². The van der Waals surface area contributed by atoms with Crippen molar-refractivity contribution >= 4 is 22.8 Å². The van der Waals surface area contributed by atoms with E-state index in [0.717, 1.165) is 28.6 Å². The number of likely N-dealkylation sites (N-methyl/N-ethyl adjacent to an activating group) is 1. The third-order valence-electron chi connectivity index (χ3n) is 5.07. The van der Waals surface area contributed by atoms with Crippen LogP contribution in [0.5, 0.6) is 0 Å². The Hall–Kier alpha value is -2.14. The number of fused-ring (bicyclic) bond motifs is 3. The van der Waals surface area contributed by atoms with E-state index in [1.165, 1.54) is 7.11 Å². The van der Waals surface area contributed by atoms with Gasteiger partial charge in [-0.2, -0.15) is 0 Å². The minimum Gasteiger partial charge on any atom is -0.468 e. The number of hydrogen-bond donors (Lipinski definition) is 0. The summed E-state index contributed by atoms with van der Waals surface area (Å²) in [5, 5.41) is 1.08. The number of rotatable bonds is 1. The lowest BCUT2D eigenvalue weighted by atomic mass is 9.88. The van der Waals surface area contributed by atoms with Crippen LogP contribution in [0, 0.1) is 0 Å². The minimum absolute atomic E-state index is 0.0953. The van der Waals surface area contributed by atoms with Gasteiger partial charge in [0.1, 0.15) is 6.04 Å². The maximum atomic E-state index is 12.4. The molecule has 0 amide bonds. The number of nitrogens with zero attached hydrogens (tertiary/aromatic N) is 2. The molecule has 0 aliphatic carbocycles. The van der Waals surface area contributed by atoms with Gasteiger partial charge in [-0.05, 0) is 25.1 Å². The summed E-state index contributed by atoms with van der Waals surface area (Å²) in [6.07, 6.45) is 1.86. The predicted octanol–water partition coefficient (Wildman–Crippen LogP) is 2.15. The van der Waals surface area contributed by atoms with E-state index in [-0.39, 0.29) is 24.0 Å². The van der Waals surface area contributed by atoms with Gasteiger partial charge in [0.15, 0.2) is 0 Å². The molecule has 4 rings (SSSR count). The van der Waals surface area contributed by atoms with Crippen molar-refractivity contribution in [3.8, 4) is 0 Å². The van der Waals surface area contributed by atoms with Gasteiger partial charge in [0, 0.05) is 23.9 Å². The molecule has 1 aromatic carbocycles. The maximum absolute atomic E-state index is 12.4. The van der Waals surface area contributed by atoms with E-state index < -0.39 is 0 Å². The van der Waals surface area contributed by atoms with E-state index in [0.29, 0.717) is 12.8 Å². The molecule has 0 saturated heterocycles. The summed E-state index contributed by atoms with van der Waals surface area (Å²) in [6.45, 7) is 0. The fourth-order valence-corrected chi connectivity index (χ4v) is 4.01. The summed E-state index contributed by atoms with van der Waals surface area (Å²) in [7, 11) is 3.38. The van der Waals surface area contributed by atoms with E-state index in [2.05, 4.69) is 4.90 Å². The van der Waals surface area contributed by atoms with Crippen LogP contribution in [-0.2, 0) is 16.0 Å². The SMILES string of the molecule is COC(=O)C1Cc2c3n(c4ccccc24)C(=O)CCC3N1C. The Morgan fingerprint density at radius 1 is 1.32 bits per heavy atom. The monoisotopic (exact) mass is 298 g/mol. The minimum atomic E-state index is -0.282. The summed E-state index contributed by atoms with van der Waals surface area (Å²) >= 11 is 0. The summed E-state index contributed by atoms with van der Waals surface area (Å²) < 4.78 is 6.84. The third kappa shape index (κ3) is 1.63. The second-order valence-corrected chi connectivity index (χ2v) is 6.07. The first kappa shape index (κ1) is 13.5. The fourth-order valence-electron chi connectivity index (χ4n) is 4.01. The molecule has 2 unspecified atom stereocenters. The first-order valence-electron chi connectivity index (χ1n) is 7.58. The van der Waals surface area contributed by atoms with Crippen molar-refractivity contribution in [2.24, 2.45) is 0 Å². The molecular weight excluding hydrogens is 280 g/mol. The number of benzene rings is 1. The van der Waals surface area contributed by atoms with E-state index in [1.807, 2.05) is 35.9 Å². The van der Waals surface area contributed by atoms with Gasteiger partial charge in [-0.3, -0.25) is 19.1 Å². The zero-order valence-electron chi connectivity index (χ0n) is 12.7. The van der Waals surface area contributed by atoms with Crippen LogP contribution in [0.25, 0.3) is 10.9 Å². The number of esters is 1. The van der Waals surface area contributed by atoms with Crippen LogP contribution in [0.15, 0.2) is 24.3 Å². The first-order chi connectivity index (χ1) is 10.6. The van der Waals surface area contributed by atoms with E-state index >= 15 is 0 Å². The van der Waals surface area contributed by atoms with Crippen LogP contribution >= 0.6 is 0 Å². The Labute approximate surface area is 128 Å². The van der Waals surface area contributed by atoms with Gasteiger partial charge in [0.25, 0.3) is 0 Å². The first-order valence-corrected chi connectivity index (χ1v) is 7.58. The largest absolute Gasteiger partial charge is 0.468 e. The fraction of sp³-hybridized carbons (Fsp3) is 0.412. The van der Waals surface area contributed by atoms with Crippen molar-refractivity contribution in [3.05, 3.63) is 35.5 Å². The number of ether oxygens (including phenoxy) is 1. The van der Waals surface area contributed by atoms with Crippen LogP contribution in [0.2, 0.25) is 0 Å². The molecule has 0 bridgehead atoms. The van der Waals surface area contributed by atoms with Gasteiger partial charge in [-0.1, -0.05) is 18.2 Å². The van der Waals surface area contributed by atoms with Crippen LogP contribution < -0.4 is 0 Å². The summed E-state index contributed by atoms with van der Waals surface area (Å²) in [4.78, 5) is 26.6. The molecule has 1 aromatic heterocycles. The van der Waals surface area contributed by atoms with Gasteiger partial charge < -0.3 is 4.74 Å². The lowest BCUT2D eigenvalue weighted by Gasteiger charge is -2.40. The van der Waals surface area contributed by atoms with Crippen LogP contribution in [0.3, 0.4) is 0 Å². The second-order valence-electron chi connectivity index (χ2n) is 6.07. The van der Waals surface area contributed by atoms with Gasteiger partial charge in [-0.15, -0.1) is 0 Å². The van der Waals surface area contributed by atoms with Crippen molar-refractivity contribution < 1.29 is 14.3 Å². The summed E-state index contributed by atoms with van der Waals surface area (Å²) in [5.41, 5.74) is 3.16. The molecule has 5 heteroatoms. The Morgan fingerprint density at radius 2 is 2.09 bits per heavy atom. The van der Waals surface area contributed by atoms with Crippen LogP contribution in [0.4, 0.5) is 0 Å². The van der Waals surface area contributed by atoms with Crippen LogP contribution in [-0.4, -0.2) is 41.5 Å². The summed E-state index contributed by atoms with van der Waals surface area (Å²) in [5.74, 6) is -0.0551. The highest BCUT2D eigenvalue weighted by atomic mass is 16.5. The Bertz CT molecular complexity index is 793.